The number of hydrogen-bond acceptors (Lipinski definition) is 9. The highest BCUT2D eigenvalue weighted by molar-refractivity contribution is 8.03. The summed E-state index contributed by atoms with van der Waals surface area (Å²) in [6, 6.07) is 43.6. The molecule has 0 spiro atoms. The van der Waals surface area contributed by atoms with Crippen LogP contribution in [-0.4, -0.2) is 50.0 Å². The van der Waals surface area contributed by atoms with Gasteiger partial charge in [0.05, 0.1) is 0 Å². The Labute approximate surface area is 325 Å². The number of thiol groups is 1. The van der Waals surface area contributed by atoms with Gasteiger partial charge in [-0.1, -0.05) is 60.7 Å². The molecule has 0 saturated heterocycles. The zero-order valence-corrected chi connectivity index (χ0v) is 35.8. The SMILES string of the molecule is CSc1cccc(SC)c1.CSc1cccc(SC)c1SC.CSc1ccccc1.CSc1ccccc1SC.Sc1ccccc1. The maximum absolute atomic E-state index is 4.08. The molecular formula is C38H46S9. The van der Waals surface area contributed by atoms with Gasteiger partial charge >= 0.3 is 0 Å². The predicted molar refractivity (Wildman–Crippen MR) is 234 cm³/mol. The Bertz CT molecular complexity index is 1420. The summed E-state index contributed by atoms with van der Waals surface area (Å²) in [6.45, 7) is 0. The zero-order chi connectivity index (χ0) is 34.7. The molecule has 252 valence electrons. The van der Waals surface area contributed by atoms with Gasteiger partial charge in [-0.15, -0.1) is 107 Å². The monoisotopic (exact) mass is 790 g/mol. The lowest BCUT2D eigenvalue weighted by atomic mass is 10.4. The van der Waals surface area contributed by atoms with E-state index in [2.05, 4.69) is 142 Å². The largest absolute Gasteiger partial charge is 0.143 e. The van der Waals surface area contributed by atoms with Crippen molar-refractivity contribution in [1.29, 1.82) is 0 Å². The van der Waals surface area contributed by atoms with Crippen molar-refractivity contribution in [2.24, 2.45) is 0 Å². The van der Waals surface area contributed by atoms with Crippen molar-refractivity contribution in [2.45, 2.75) is 44.1 Å². The van der Waals surface area contributed by atoms with Crippen molar-refractivity contribution in [3.8, 4) is 0 Å². The van der Waals surface area contributed by atoms with Crippen LogP contribution < -0.4 is 0 Å². The molecule has 0 aliphatic rings. The first-order chi connectivity index (χ1) is 22.9. The first-order valence-corrected chi connectivity index (χ1v) is 24.6. The van der Waals surface area contributed by atoms with E-state index in [1.54, 1.807) is 58.8 Å². The lowest BCUT2D eigenvalue weighted by Gasteiger charge is -2.08. The van der Waals surface area contributed by atoms with Crippen LogP contribution in [0.3, 0.4) is 0 Å². The minimum Gasteiger partial charge on any atom is -0.143 e. The quantitative estimate of drug-likeness (QED) is 0.120. The van der Waals surface area contributed by atoms with Crippen LogP contribution in [0.25, 0.3) is 0 Å². The molecular weight excluding hydrogens is 745 g/mol. The second kappa shape index (κ2) is 29.0. The second-order valence-corrected chi connectivity index (χ2v) is 16.2. The van der Waals surface area contributed by atoms with Crippen molar-refractivity contribution in [1.82, 2.24) is 0 Å². The molecule has 5 aromatic carbocycles. The summed E-state index contributed by atoms with van der Waals surface area (Å²) in [6.07, 6.45) is 16.9. The van der Waals surface area contributed by atoms with E-state index in [1.807, 2.05) is 83.8 Å². The van der Waals surface area contributed by atoms with E-state index in [4.69, 9.17) is 0 Å². The minimum atomic E-state index is 1.02. The summed E-state index contributed by atoms with van der Waals surface area (Å²) in [4.78, 5) is 11.9. The summed E-state index contributed by atoms with van der Waals surface area (Å²) in [7, 11) is 0. The third-order valence-electron chi connectivity index (χ3n) is 5.89. The fourth-order valence-electron chi connectivity index (χ4n) is 3.52. The van der Waals surface area contributed by atoms with E-state index in [9.17, 15) is 0 Å². The molecule has 0 radical (unpaired) electrons. The van der Waals surface area contributed by atoms with E-state index < -0.39 is 0 Å². The summed E-state index contributed by atoms with van der Waals surface area (Å²) in [5, 5.41) is 0. The smallest absolute Gasteiger partial charge is 0.0341 e. The molecule has 0 aliphatic heterocycles. The van der Waals surface area contributed by atoms with Crippen LogP contribution in [0, 0.1) is 0 Å². The van der Waals surface area contributed by atoms with Crippen LogP contribution in [0.15, 0.2) is 171 Å². The van der Waals surface area contributed by atoms with Crippen molar-refractivity contribution in [3.63, 3.8) is 0 Å². The first-order valence-electron chi connectivity index (χ1n) is 14.3. The fourth-order valence-corrected chi connectivity index (χ4v) is 9.20. The number of rotatable bonds is 8. The lowest BCUT2D eigenvalue weighted by molar-refractivity contribution is 1.13. The van der Waals surface area contributed by atoms with Crippen molar-refractivity contribution in [3.05, 3.63) is 127 Å². The summed E-state index contributed by atoms with van der Waals surface area (Å²) < 4.78 is 0. The number of thioether (sulfide) groups is 8. The highest BCUT2D eigenvalue weighted by Gasteiger charge is 2.04. The lowest BCUT2D eigenvalue weighted by Crippen LogP contribution is -1.80. The first kappa shape index (κ1) is 44.3. The summed E-state index contributed by atoms with van der Waals surface area (Å²) in [5.74, 6) is 0. The van der Waals surface area contributed by atoms with Gasteiger partial charge in [0.15, 0.2) is 0 Å². The average molecular weight is 791 g/mol. The van der Waals surface area contributed by atoms with Crippen LogP contribution in [-0.2, 0) is 0 Å². The molecule has 5 rings (SSSR count). The second-order valence-electron chi connectivity index (χ2n) is 8.79. The summed E-state index contributed by atoms with van der Waals surface area (Å²) >= 11 is 18.5. The van der Waals surface area contributed by atoms with E-state index >= 15 is 0 Å². The standard InChI is InChI=1S/C9H12S3.2C8H10S2.C7H8S.C6H6S/c1-10-7-5-4-6-8(11-2)9(7)12-3;1-9-7-4-3-5-8(6-7)10-2;1-9-7-5-3-4-6-8(7)10-2;1-8-7-5-3-2-4-6-7;7-6-4-2-1-3-5-6/h4-6H,1-3H3;2*3-6H,1-2H3;2-6H,1H3;1-5,7H. The molecule has 0 amide bonds. The molecule has 0 bridgehead atoms. The van der Waals surface area contributed by atoms with Gasteiger partial charge in [-0.25, -0.2) is 0 Å². The van der Waals surface area contributed by atoms with Crippen molar-refractivity contribution < 1.29 is 0 Å². The Balaban J connectivity index is 0.000000297. The van der Waals surface area contributed by atoms with E-state index in [0.717, 1.165) is 4.90 Å². The predicted octanol–water partition coefficient (Wildman–Crippen LogP) is 14.5. The molecule has 47 heavy (non-hydrogen) atoms. The Hall–Kier alpha value is -0.750. The van der Waals surface area contributed by atoms with Gasteiger partial charge in [0.1, 0.15) is 0 Å². The van der Waals surface area contributed by atoms with E-state index in [0.29, 0.717) is 0 Å². The van der Waals surface area contributed by atoms with Gasteiger partial charge in [-0.2, -0.15) is 0 Å². The van der Waals surface area contributed by atoms with Gasteiger partial charge in [0.25, 0.3) is 0 Å². The van der Waals surface area contributed by atoms with Gasteiger partial charge < -0.3 is 0 Å². The Morgan fingerprint density at radius 3 is 0.979 bits per heavy atom. The van der Waals surface area contributed by atoms with E-state index in [1.165, 1.54) is 39.2 Å². The molecule has 0 atom stereocenters. The topological polar surface area (TPSA) is 0 Å². The van der Waals surface area contributed by atoms with E-state index in [-0.39, 0.29) is 0 Å². The van der Waals surface area contributed by atoms with Gasteiger partial charge in [-0.3, -0.25) is 0 Å². The van der Waals surface area contributed by atoms with Gasteiger partial charge in [0, 0.05) is 44.1 Å². The van der Waals surface area contributed by atoms with Gasteiger partial charge in [0.2, 0.25) is 0 Å². The minimum absolute atomic E-state index is 1.02. The Morgan fingerprint density at radius 1 is 0.319 bits per heavy atom. The maximum atomic E-state index is 4.08. The van der Waals surface area contributed by atoms with Crippen LogP contribution in [0.2, 0.25) is 0 Å². The molecule has 0 unspecified atom stereocenters. The summed E-state index contributed by atoms with van der Waals surface area (Å²) in [5.41, 5.74) is 0. The molecule has 0 N–H and O–H groups in total. The molecule has 9 heteroatoms. The third-order valence-corrected chi connectivity index (χ3v) is 12.8. The molecule has 0 heterocycles. The zero-order valence-electron chi connectivity index (χ0n) is 28.3. The third kappa shape index (κ3) is 19.3. The van der Waals surface area contributed by atoms with Crippen LogP contribution >= 0.6 is 107 Å². The highest BCUT2D eigenvalue weighted by atomic mass is 32.2. The number of hydrogen-bond donors (Lipinski definition) is 1. The Kier molecular flexibility index (Phi) is 27.3. The molecule has 0 aromatic heterocycles. The molecule has 5 aromatic rings. The number of benzene rings is 5. The van der Waals surface area contributed by atoms with Crippen molar-refractivity contribution >= 4 is 107 Å². The van der Waals surface area contributed by atoms with Crippen LogP contribution in [0.5, 0.6) is 0 Å². The molecule has 0 saturated carbocycles. The Morgan fingerprint density at radius 2 is 0.660 bits per heavy atom. The molecule has 0 aliphatic carbocycles. The van der Waals surface area contributed by atoms with Crippen LogP contribution in [0.1, 0.15) is 0 Å². The highest BCUT2D eigenvalue weighted by Crippen LogP contribution is 2.35. The maximum Gasteiger partial charge on any atom is 0.0341 e. The average Bonchev–Trinajstić information content (AvgIpc) is 3.15. The fraction of sp³-hybridized carbons (Fsp3) is 0.211. The molecule has 0 nitrogen and oxygen atoms in total. The van der Waals surface area contributed by atoms with Crippen LogP contribution in [0.4, 0.5) is 0 Å². The van der Waals surface area contributed by atoms with Crippen molar-refractivity contribution in [2.75, 3.05) is 50.0 Å². The normalized spacial score (nSPS) is 9.64. The van der Waals surface area contributed by atoms with Gasteiger partial charge in [-0.05, 0) is 117 Å². The molecule has 0 fully saturated rings.